The number of benzene rings is 1. The third-order valence-corrected chi connectivity index (χ3v) is 4.42. The van der Waals surface area contributed by atoms with E-state index < -0.39 is 0 Å². The number of rotatable bonds is 3. The SMILES string of the molecule is Cc1ccc(NC(=O)C2CCN(C(=O)C3CC3)CC2)cc1. The van der Waals surface area contributed by atoms with Crippen LogP contribution in [0.3, 0.4) is 0 Å². The van der Waals surface area contributed by atoms with Gasteiger partial charge in [-0.15, -0.1) is 0 Å². The lowest BCUT2D eigenvalue weighted by Crippen LogP contribution is -2.42. The van der Waals surface area contributed by atoms with Crippen molar-refractivity contribution in [2.24, 2.45) is 11.8 Å². The Morgan fingerprint density at radius 1 is 1.00 bits per heavy atom. The number of nitrogens with one attached hydrogen (secondary N) is 1. The van der Waals surface area contributed by atoms with Crippen molar-refractivity contribution in [3.63, 3.8) is 0 Å². The van der Waals surface area contributed by atoms with E-state index in [9.17, 15) is 9.59 Å². The molecule has 2 fully saturated rings. The molecule has 1 aromatic carbocycles. The second kappa shape index (κ2) is 5.88. The summed E-state index contributed by atoms with van der Waals surface area (Å²) in [6.07, 6.45) is 3.64. The smallest absolute Gasteiger partial charge is 0.227 e. The van der Waals surface area contributed by atoms with E-state index in [4.69, 9.17) is 0 Å². The highest BCUT2D eigenvalue weighted by molar-refractivity contribution is 5.92. The highest BCUT2D eigenvalue weighted by Gasteiger charge is 2.35. The number of piperidine rings is 1. The van der Waals surface area contributed by atoms with E-state index in [-0.39, 0.29) is 17.7 Å². The lowest BCUT2D eigenvalue weighted by molar-refractivity contribution is -0.135. The van der Waals surface area contributed by atoms with Crippen LogP contribution in [-0.4, -0.2) is 29.8 Å². The fourth-order valence-electron chi connectivity index (χ4n) is 2.83. The van der Waals surface area contributed by atoms with E-state index in [1.54, 1.807) is 0 Å². The topological polar surface area (TPSA) is 49.4 Å². The number of nitrogens with zero attached hydrogens (tertiary/aromatic N) is 1. The number of amides is 2. The van der Waals surface area contributed by atoms with E-state index in [1.165, 1.54) is 5.56 Å². The lowest BCUT2D eigenvalue weighted by Gasteiger charge is -2.31. The fraction of sp³-hybridized carbons (Fsp3) is 0.529. The van der Waals surface area contributed by atoms with E-state index >= 15 is 0 Å². The van der Waals surface area contributed by atoms with E-state index in [0.717, 1.165) is 44.5 Å². The Labute approximate surface area is 125 Å². The summed E-state index contributed by atoms with van der Waals surface area (Å²) in [7, 11) is 0. The first-order valence-electron chi connectivity index (χ1n) is 7.80. The first kappa shape index (κ1) is 14.1. The molecule has 0 radical (unpaired) electrons. The fourth-order valence-corrected chi connectivity index (χ4v) is 2.83. The van der Waals surface area contributed by atoms with Crippen LogP contribution in [0.15, 0.2) is 24.3 Å². The minimum absolute atomic E-state index is 0.0227. The van der Waals surface area contributed by atoms with E-state index in [2.05, 4.69) is 5.32 Å². The van der Waals surface area contributed by atoms with Gasteiger partial charge in [0.15, 0.2) is 0 Å². The van der Waals surface area contributed by atoms with Gasteiger partial charge in [-0.2, -0.15) is 0 Å². The van der Waals surface area contributed by atoms with Gasteiger partial charge in [-0.25, -0.2) is 0 Å². The van der Waals surface area contributed by atoms with Crippen LogP contribution in [0.2, 0.25) is 0 Å². The van der Waals surface area contributed by atoms with Gasteiger partial charge in [0.05, 0.1) is 0 Å². The number of anilines is 1. The van der Waals surface area contributed by atoms with E-state index in [0.29, 0.717) is 5.91 Å². The Hall–Kier alpha value is -1.84. The minimum Gasteiger partial charge on any atom is -0.342 e. The Balaban J connectivity index is 1.50. The van der Waals surface area contributed by atoms with Gasteiger partial charge in [0.25, 0.3) is 0 Å². The van der Waals surface area contributed by atoms with Crippen molar-refractivity contribution >= 4 is 17.5 Å². The molecule has 1 saturated heterocycles. The Morgan fingerprint density at radius 3 is 2.19 bits per heavy atom. The summed E-state index contributed by atoms with van der Waals surface area (Å²) in [5.74, 6) is 0.683. The van der Waals surface area contributed by atoms with Gasteiger partial charge >= 0.3 is 0 Å². The maximum absolute atomic E-state index is 12.3. The molecule has 112 valence electrons. The normalized spacial score (nSPS) is 19.4. The van der Waals surface area contributed by atoms with Crippen LogP contribution in [0, 0.1) is 18.8 Å². The summed E-state index contributed by atoms with van der Waals surface area (Å²) in [6.45, 7) is 3.47. The molecule has 0 atom stereocenters. The van der Waals surface area contributed by atoms with Crippen molar-refractivity contribution < 1.29 is 9.59 Å². The largest absolute Gasteiger partial charge is 0.342 e. The Bertz CT molecular complexity index is 526. The number of hydrogen-bond donors (Lipinski definition) is 1. The quantitative estimate of drug-likeness (QED) is 0.928. The molecule has 4 nitrogen and oxygen atoms in total. The first-order chi connectivity index (χ1) is 10.1. The molecule has 2 amide bonds. The zero-order chi connectivity index (χ0) is 14.8. The molecule has 0 aromatic heterocycles. The summed E-state index contributed by atoms with van der Waals surface area (Å²) < 4.78 is 0. The van der Waals surface area contributed by atoms with Crippen molar-refractivity contribution in [1.82, 2.24) is 4.90 Å². The van der Waals surface area contributed by atoms with Gasteiger partial charge in [-0.3, -0.25) is 9.59 Å². The molecular weight excluding hydrogens is 264 g/mol. The van der Waals surface area contributed by atoms with Crippen LogP contribution in [0.25, 0.3) is 0 Å². The average molecular weight is 286 g/mol. The third-order valence-electron chi connectivity index (χ3n) is 4.42. The van der Waals surface area contributed by atoms with Crippen LogP contribution in [0.5, 0.6) is 0 Å². The van der Waals surface area contributed by atoms with Gasteiger partial charge in [-0.05, 0) is 44.7 Å². The molecule has 3 rings (SSSR count). The molecule has 1 heterocycles. The second-order valence-electron chi connectivity index (χ2n) is 6.23. The van der Waals surface area contributed by atoms with Gasteiger partial charge in [0, 0.05) is 30.6 Å². The third kappa shape index (κ3) is 3.43. The number of carbonyl (C=O) groups is 2. The van der Waals surface area contributed by atoms with Crippen LogP contribution >= 0.6 is 0 Å². The predicted molar refractivity (Wildman–Crippen MR) is 81.8 cm³/mol. The molecule has 0 unspecified atom stereocenters. The molecule has 1 N–H and O–H groups in total. The zero-order valence-corrected chi connectivity index (χ0v) is 12.5. The monoisotopic (exact) mass is 286 g/mol. The molecule has 2 aliphatic rings. The highest BCUT2D eigenvalue weighted by Crippen LogP contribution is 2.32. The predicted octanol–water partition coefficient (Wildman–Crippen LogP) is 2.58. The molecule has 4 heteroatoms. The van der Waals surface area contributed by atoms with Crippen molar-refractivity contribution in [3.8, 4) is 0 Å². The molecule has 1 saturated carbocycles. The number of aryl methyl sites for hydroxylation is 1. The van der Waals surface area contributed by atoms with Gasteiger partial charge < -0.3 is 10.2 Å². The van der Waals surface area contributed by atoms with Crippen LogP contribution in [0.1, 0.15) is 31.2 Å². The minimum atomic E-state index is 0.0227. The number of likely N-dealkylation sites (tertiary alicyclic amines) is 1. The molecule has 21 heavy (non-hydrogen) atoms. The average Bonchev–Trinajstić information content (AvgIpc) is 3.34. The molecule has 0 spiro atoms. The van der Waals surface area contributed by atoms with Gasteiger partial charge in [0.1, 0.15) is 0 Å². The molecule has 1 aliphatic carbocycles. The number of carbonyl (C=O) groups excluding carboxylic acids is 2. The summed E-state index contributed by atoms with van der Waals surface area (Å²) >= 11 is 0. The van der Waals surface area contributed by atoms with Gasteiger partial charge in [-0.1, -0.05) is 17.7 Å². The first-order valence-corrected chi connectivity index (χ1v) is 7.80. The van der Waals surface area contributed by atoms with E-state index in [1.807, 2.05) is 36.1 Å². The van der Waals surface area contributed by atoms with Gasteiger partial charge in [0.2, 0.25) is 11.8 Å². The second-order valence-corrected chi connectivity index (χ2v) is 6.23. The van der Waals surface area contributed by atoms with Crippen molar-refractivity contribution in [3.05, 3.63) is 29.8 Å². The Kier molecular flexibility index (Phi) is 3.95. The van der Waals surface area contributed by atoms with Crippen LogP contribution in [0.4, 0.5) is 5.69 Å². The maximum Gasteiger partial charge on any atom is 0.227 e. The standard InChI is InChI=1S/C17H22N2O2/c1-12-2-6-15(7-3-12)18-16(20)13-8-10-19(11-9-13)17(21)14-4-5-14/h2-3,6-7,13-14H,4-5,8-11H2,1H3,(H,18,20). The Morgan fingerprint density at radius 2 is 1.62 bits per heavy atom. The summed E-state index contributed by atoms with van der Waals surface area (Å²) in [4.78, 5) is 26.2. The van der Waals surface area contributed by atoms with Crippen LogP contribution in [-0.2, 0) is 9.59 Å². The zero-order valence-electron chi connectivity index (χ0n) is 12.5. The molecule has 0 bridgehead atoms. The van der Waals surface area contributed by atoms with Crippen molar-refractivity contribution in [2.45, 2.75) is 32.6 Å². The summed E-state index contributed by atoms with van der Waals surface area (Å²) in [5.41, 5.74) is 2.03. The van der Waals surface area contributed by atoms with Crippen molar-refractivity contribution in [2.75, 3.05) is 18.4 Å². The summed E-state index contributed by atoms with van der Waals surface area (Å²) in [5, 5.41) is 2.98. The lowest BCUT2D eigenvalue weighted by atomic mass is 9.95. The molecule has 1 aromatic rings. The highest BCUT2D eigenvalue weighted by atomic mass is 16.2. The van der Waals surface area contributed by atoms with Crippen LogP contribution < -0.4 is 5.32 Å². The van der Waals surface area contributed by atoms with Crippen molar-refractivity contribution in [1.29, 1.82) is 0 Å². The molecular formula is C17H22N2O2. The maximum atomic E-state index is 12.3. The molecule has 1 aliphatic heterocycles. The summed E-state index contributed by atoms with van der Waals surface area (Å²) in [6, 6.07) is 7.84. The number of hydrogen-bond acceptors (Lipinski definition) is 2.